The number of halogens is 2. The summed E-state index contributed by atoms with van der Waals surface area (Å²) in [6.45, 7) is 0.582. The molecule has 2 aromatic carbocycles. The highest BCUT2D eigenvalue weighted by atomic mass is 79.9. The Morgan fingerprint density at radius 2 is 1.81 bits per heavy atom. The maximum Gasteiger partial charge on any atom is 0.252 e. The fraction of sp³-hybridized carbons (Fsp3) is 0.235. The average molecular weight is 348 g/mol. The van der Waals surface area contributed by atoms with Gasteiger partial charge in [0.15, 0.2) is 0 Å². The molecule has 0 heterocycles. The Morgan fingerprint density at radius 1 is 1.14 bits per heavy atom. The van der Waals surface area contributed by atoms with Crippen LogP contribution < -0.4 is 5.32 Å². The molecule has 1 aliphatic rings. The highest BCUT2D eigenvalue weighted by Gasteiger charge is 2.44. The predicted octanol–water partition coefficient (Wildman–Crippen LogP) is 4.05. The molecular weight excluding hydrogens is 333 g/mol. The third kappa shape index (κ3) is 3.00. The fourth-order valence-electron chi connectivity index (χ4n) is 2.51. The van der Waals surface area contributed by atoms with Gasteiger partial charge in [-0.15, -0.1) is 0 Å². The molecule has 0 unspecified atom stereocenters. The number of carbonyl (C=O) groups is 1. The van der Waals surface area contributed by atoms with Crippen molar-refractivity contribution in [1.82, 2.24) is 5.32 Å². The summed E-state index contributed by atoms with van der Waals surface area (Å²) in [6.07, 6.45) is 2.05. The van der Waals surface area contributed by atoms with Gasteiger partial charge in [0.1, 0.15) is 5.82 Å². The molecule has 108 valence electrons. The molecule has 0 bridgehead atoms. The van der Waals surface area contributed by atoms with Gasteiger partial charge in [-0.2, -0.15) is 0 Å². The summed E-state index contributed by atoms with van der Waals surface area (Å²) >= 11 is 3.38. The van der Waals surface area contributed by atoms with Crippen molar-refractivity contribution in [3.05, 3.63) is 69.9 Å². The Labute approximate surface area is 131 Å². The highest BCUT2D eigenvalue weighted by molar-refractivity contribution is 9.10. The molecular formula is C17H15BrFNO. The molecule has 1 fully saturated rings. The smallest absolute Gasteiger partial charge is 0.252 e. The van der Waals surface area contributed by atoms with Crippen LogP contribution in [0.15, 0.2) is 53.0 Å². The zero-order valence-electron chi connectivity index (χ0n) is 11.4. The van der Waals surface area contributed by atoms with E-state index in [4.69, 9.17) is 0 Å². The van der Waals surface area contributed by atoms with E-state index in [1.165, 1.54) is 12.1 Å². The standard InChI is InChI=1S/C17H15BrFNO/c18-15-4-2-1-3-14(15)16(21)20-11-17(9-10-17)12-5-7-13(19)8-6-12/h1-8H,9-11H2,(H,20,21). The summed E-state index contributed by atoms with van der Waals surface area (Å²) in [5.74, 6) is -0.317. The summed E-state index contributed by atoms with van der Waals surface area (Å²) in [5, 5.41) is 2.99. The van der Waals surface area contributed by atoms with E-state index in [1.807, 2.05) is 30.3 Å². The van der Waals surface area contributed by atoms with Crippen LogP contribution in [0, 0.1) is 5.82 Å². The number of amides is 1. The van der Waals surface area contributed by atoms with Crippen LogP contribution in [0.4, 0.5) is 4.39 Å². The van der Waals surface area contributed by atoms with Crippen molar-refractivity contribution >= 4 is 21.8 Å². The molecule has 0 saturated heterocycles. The molecule has 2 nitrogen and oxygen atoms in total. The number of hydrogen-bond donors (Lipinski definition) is 1. The minimum Gasteiger partial charge on any atom is -0.351 e. The molecule has 1 N–H and O–H groups in total. The van der Waals surface area contributed by atoms with E-state index in [0.29, 0.717) is 12.1 Å². The van der Waals surface area contributed by atoms with Crippen molar-refractivity contribution in [3.63, 3.8) is 0 Å². The van der Waals surface area contributed by atoms with Crippen LogP contribution in [-0.4, -0.2) is 12.5 Å². The SMILES string of the molecule is O=C(NCC1(c2ccc(F)cc2)CC1)c1ccccc1Br. The van der Waals surface area contributed by atoms with E-state index in [-0.39, 0.29) is 17.1 Å². The second-order valence-electron chi connectivity index (χ2n) is 5.45. The van der Waals surface area contributed by atoms with Gasteiger partial charge >= 0.3 is 0 Å². The second kappa shape index (κ2) is 5.60. The summed E-state index contributed by atoms with van der Waals surface area (Å²) in [7, 11) is 0. The third-order valence-electron chi connectivity index (χ3n) is 4.02. The lowest BCUT2D eigenvalue weighted by atomic mass is 9.96. The molecule has 3 rings (SSSR count). The van der Waals surface area contributed by atoms with E-state index in [0.717, 1.165) is 22.9 Å². The monoisotopic (exact) mass is 347 g/mol. The Kier molecular flexibility index (Phi) is 3.81. The molecule has 4 heteroatoms. The third-order valence-corrected chi connectivity index (χ3v) is 4.71. The summed E-state index contributed by atoms with van der Waals surface area (Å²) < 4.78 is 13.8. The van der Waals surface area contributed by atoms with Crippen molar-refractivity contribution in [2.75, 3.05) is 6.54 Å². The number of rotatable bonds is 4. The maximum atomic E-state index is 13.0. The minimum atomic E-state index is -0.230. The lowest BCUT2D eigenvalue weighted by molar-refractivity contribution is 0.0949. The Bertz CT molecular complexity index is 665. The van der Waals surface area contributed by atoms with Crippen LogP contribution in [0.3, 0.4) is 0 Å². The van der Waals surface area contributed by atoms with E-state index in [1.54, 1.807) is 6.07 Å². The largest absolute Gasteiger partial charge is 0.351 e. The zero-order valence-corrected chi connectivity index (χ0v) is 13.0. The van der Waals surface area contributed by atoms with E-state index in [9.17, 15) is 9.18 Å². The predicted molar refractivity (Wildman–Crippen MR) is 83.8 cm³/mol. The Morgan fingerprint density at radius 3 is 2.43 bits per heavy atom. The number of nitrogens with one attached hydrogen (secondary N) is 1. The van der Waals surface area contributed by atoms with E-state index >= 15 is 0 Å². The first-order valence-electron chi connectivity index (χ1n) is 6.90. The lowest BCUT2D eigenvalue weighted by Crippen LogP contribution is -2.32. The summed E-state index contributed by atoms with van der Waals surface area (Å²) in [6, 6.07) is 13.9. The van der Waals surface area contributed by atoms with Crippen LogP contribution in [0.5, 0.6) is 0 Å². The summed E-state index contributed by atoms with van der Waals surface area (Å²) in [5.41, 5.74) is 1.70. The Hall–Kier alpha value is -1.68. The molecule has 0 spiro atoms. The summed E-state index contributed by atoms with van der Waals surface area (Å²) in [4.78, 5) is 12.2. The molecule has 1 saturated carbocycles. The lowest BCUT2D eigenvalue weighted by Gasteiger charge is -2.17. The Balaban J connectivity index is 1.69. The van der Waals surface area contributed by atoms with E-state index in [2.05, 4.69) is 21.2 Å². The van der Waals surface area contributed by atoms with Crippen LogP contribution in [-0.2, 0) is 5.41 Å². The normalized spacial score (nSPS) is 15.5. The van der Waals surface area contributed by atoms with Crippen LogP contribution >= 0.6 is 15.9 Å². The highest BCUT2D eigenvalue weighted by Crippen LogP contribution is 2.47. The first-order valence-corrected chi connectivity index (χ1v) is 7.69. The first kappa shape index (κ1) is 14.3. The van der Waals surface area contributed by atoms with Crippen LogP contribution in [0.1, 0.15) is 28.8 Å². The quantitative estimate of drug-likeness (QED) is 0.887. The van der Waals surface area contributed by atoms with Gasteiger partial charge in [0.25, 0.3) is 5.91 Å². The van der Waals surface area contributed by atoms with Crippen molar-refractivity contribution in [1.29, 1.82) is 0 Å². The van der Waals surface area contributed by atoms with Gasteiger partial charge in [0, 0.05) is 16.4 Å². The molecule has 0 atom stereocenters. The molecule has 1 amide bonds. The molecule has 2 aromatic rings. The molecule has 21 heavy (non-hydrogen) atoms. The number of benzene rings is 2. The molecule has 0 radical (unpaired) electrons. The van der Waals surface area contributed by atoms with Gasteiger partial charge in [-0.25, -0.2) is 4.39 Å². The topological polar surface area (TPSA) is 29.1 Å². The van der Waals surface area contributed by atoms with Gasteiger partial charge in [-0.05, 0) is 58.6 Å². The van der Waals surface area contributed by atoms with Gasteiger partial charge in [-0.1, -0.05) is 24.3 Å². The van der Waals surface area contributed by atoms with Crippen LogP contribution in [0.2, 0.25) is 0 Å². The first-order chi connectivity index (χ1) is 10.1. The van der Waals surface area contributed by atoms with Gasteiger partial charge in [-0.3, -0.25) is 4.79 Å². The fourth-order valence-corrected chi connectivity index (χ4v) is 2.98. The van der Waals surface area contributed by atoms with Crippen molar-refractivity contribution in [2.24, 2.45) is 0 Å². The average Bonchev–Trinajstić information content (AvgIpc) is 3.27. The van der Waals surface area contributed by atoms with Gasteiger partial charge < -0.3 is 5.32 Å². The molecule has 1 aliphatic carbocycles. The minimum absolute atomic E-state index is 0.0232. The number of hydrogen-bond acceptors (Lipinski definition) is 1. The van der Waals surface area contributed by atoms with Gasteiger partial charge in [0.2, 0.25) is 0 Å². The second-order valence-corrected chi connectivity index (χ2v) is 6.30. The van der Waals surface area contributed by atoms with Gasteiger partial charge in [0.05, 0.1) is 5.56 Å². The molecule has 0 aromatic heterocycles. The molecule has 0 aliphatic heterocycles. The number of carbonyl (C=O) groups excluding carboxylic acids is 1. The van der Waals surface area contributed by atoms with Crippen LogP contribution in [0.25, 0.3) is 0 Å². The zero-order chi connectivity index (χ0) is 14.9. The van der Waals surface area contributed by atoms with Crippen molar-refractivity contribution in [3.8, 4) is 0 Å². The van der Waals surface area contributed by atoms with Crippen molar-refractivity contribution in [2.45, 2.75) is 18.3 Å². The van der Waals surface area contributed by atoms with Crippen molar-refractivity contribution < 1.29 is 9.18 Å². The maximum absolute atomic E-state index is 13.0. The van der Waals surface area contributed by atoms with E-state index < -0.39 is 0 Å².